The van der Waals surface area contributed by atoms with Crippen molar-refractivity contribution in [1.82, 2.24) is 14.5 Å². The summed E-state index contributed by atoms with van der Waals surface area (Å²) in [5.74, 6) is -0.437. The molecule has 0 atom stereocenters. The molecule has 7 nitrogen and oxygen atoms in total. The van der Waals surface area contributed by atoms with E-state index in [-0.39, 0.29) is 17.1 Å². The van der Waals surface area contributed by atoms with Crippen molar-refractivity contribution in [2.45, 2.75) is 6.92 Å². The third-order valence-electron chi connectivity index (χ3n) is 3.30. The number of primary amides is 1. The zero-order chi connectivity index (χ0) is 15.1. The van der Waals surface area contributed by atoms with E-state index in [2.05, 4.69) is 9.97 Å². The van der Waals surface area contributed by atoms with Crippen LogP contribution >= 0.6 is 0 Å². The Balaban J connectivity index is 2.46. The van der Waals surface area contributed by atoms with E-state index in [1.165, 1.54) is 12.4 Å². The number of carbonyl (C=O) groups is 1. The number of phenolic OH excluding ortho intramolecular Hbond substituents is 1. The standard InChI is InChI=1S/C14H13N5O2/c1-7-2-3-8(20)6-9(7)19-12(15)10(13(16)21)11-14(19)18-5-4-17-11/h2-6,20H,15H2,1H3,(H2,16,21). The summed E-state index contributed by atoms with van der Waals surface area (Å²) >= 11 is 0. The number of hydrogen-bond acceptors (Lipinski definition) is 5. The number of nitrogen functional groups attached to an aromatic ring is 1. The molecule has 0 saturated carbocycles. The zero-order valence-electron chi connectivity index (χ0n) is 11.2. The van der Waals surface area contributed by atoms with Crippen LogP contribution in [0.15, 0.2) is 30.6 Å². The van der Waals surface area contributed by atoms with Gasteiger partial charge in [-0.1, -0.05) is 6.07 Å². The Morgan fingerprint density at radius 3 is 2.71 bits per heavy atom. The smallest absolute Gasteiger partial charge is 0.254 e. The summed E-state index contributed by atoms with van der Waals surface area (Å²) in [6.07, 6.45) is 2.97. The molecule has 21 heavy (non-hydrogen) atoms. The molecule has 0 aliphatic heterocycles. The van der Waals surface area contributed by atoms with Gasteiger partial charge in [-0.2, -0.15) is 0 Å². The highest BCUT2D eigenvalue weighted by molar-refractivity contribution is 6.09. The number of aromatic hydroxyl groups is 1. The number of aromatic nitrogens is 3. The molecule has 3 rings (SSSR count). The van der Waals surface area contributed by atoms with Gasteiger partial charge in [0.2, 0.25) is 0 Å². The summed E-state index contributed by atoms with van der Waals surface area (Å²) < 4.78 is 1.57. The Kier molecular flexibility index (Phi) is 2.76. The minimum atomic E-state index is -0.672. The normalized spacial score (nSPS) is 10.9. The molecule has 106 valence electrons. The van der Waals surface area contributed by atoms with E-state index < -0.39 is 5.91 Å². The molecule has 0 fully saturated rings. The fraction of sp³-hybridized carbons (Fsp3) is 0.0714. The third-order valence-corrected chi connectivity index (χ3v) is 3.30. The predicted molar refractivity (Wildman–Crippen MR) is 78.2 cm³/mol. The second-order valence-corrected chi connectivity index (χ2v) is 4.66. The molecular formula is C14H13N5O2. The Morgan fingerprint density at radius 1 is 1.29 bits per heavy atom. The van der Waals surface area contributed by atoms with E-state index in [1.54, 1.807) is 22.8 Å². The minimum absolute atomic E-state index is 0.0846. The quantitative estimate of drug-likeness (QED) is 0.650. The Labute approximate surface area is 119 Å². The van der Waals surface area contributed by atoms with Crippen molar-refractivity contribution < 1.29 is 9.90 Å². The van der Waals surface area contributed by atoms with Gasteiger partial charge in [0.1, 0.15) is 22.6 Å². The molecule has 0 spiro atoms. The number of nitrogens with two attached hydrogens (primary N) is 2. The van der Waals surface area contributed by atoms with Gasteiger partial charge in [-0.15, -0.1) is 0 Å². The van der Waals surface area contributed by atoms with Crippen molar-refractivity contribution in [3.8, 4) is 11.4 Å². The third kappa shape index (κ3) is 1.86. The van der Waals surface area contributed by atoms with E-state index in [0.717, 1.165) is 5.56 Å². The van der Waals surface area contributed by atoms with Crippen LogP contribution in [0.1, 0.15) is 15.9 Å². The number of aryl methyl sites for hydroxylation is 1. The molecule has 7 heteroatoms. The largest absolute Gasteiger partial charge is 0.508 e. The van der Waals surface area contributed by atoms with Crippen LogP contribution in [0.2, 0.25) is 0 Å². The first kappa shape index (κ1) is 12.9. The number of benzene rings is 1. The van der Waals surface area contributed by atoms with Gasteiger partial charge in [0.15, 0.2) is 5.65 Å². The van der Waals surface area contributed by atoms with Crippen LogP contribution in [0.3, 0.4) is 0 Å². The number of rotatable bonds is 2. The number of anilines is 1. The molecule has 2 aromatic heterocycles. The predicted octanol–water partition coefficient (Wildman–Crippen LogP) is 1.12. The summed E-state index contributed by atoms with van der Waals surface area (Å²) in [6, 6.07) is 4.86. The second-order valence-electron chi connectivity index (χ2n) is 4.66. The van der Waals surface area contributed by atoms with Crippen molar-refractivity contribution >= 4 is 22.9 Å². The fourth-order valence-corrected chi connectivity index (χ4v) is 2.34. The molecular weight excluding hydrogens is 270 g/mol. The molecule has 0 unspecified atom stereocenters. The van der Waals surface area contributed by atoms with Crippen LogP contribution in [-0.4, -0.2) is 25.5 Å². The molecule has 0 aliphatic carbocycles. The Bertz CT molecular complexity index is 869. The highest BCUT2D eigenvalue weighted by Crippen LogP contribution is 2.31. The highest BCUT2D eigenvalue weighted by Gasteiger charge is 2.22. The summed E-state index contributed by atoms with van der Waals surface area (Å²) in [6.45, 7) is 1.86. The topological polar surface area (TPSA) is 120 Å². The van der Waals surface area contributed by atoms with Crippen LogP contribution in [0.4, 0.5) is 5.82 Å². The van der Waals surface area contributed by atoms with E-state index in [4.69, 9.17) is 11.5 Å². The number of phenols is 1. The van der Waals surface area contributed by atoms with Crippen molar-refractivity contribution in [3.05, 3.63) is 41.7 Å². The molecule has 0 saturated heterocycles. The first-order valence-electron chi connectivity index (χ1n) is 6.21. The van der Waals surface area contributed by atoms with Gasteiger partial charge in [-0.3, -0.25) is 14.3 Å². The summed E-state index contributed by atoms with van der Waals surface area (Å²) in [5.41, 5.74) is 13.8. The molecule has 1 aromatic carbocycles. The Morgan fingerprint density at radius 2 is 2.00 bits per heavy atom. The average molecular weight is 283 g/mol. The number of hydrogen-bond donors (Lipinski definition) is 3. The molecule has 0 bridgehead atoms. The number of nitrogens with zero attached hydrogens (tertiary/aromatic N) is 3. The van der Waals surface area contributed by atoms with Crippen LogP contribution in [0.25, 0.3) is 16.9 Å². The van der Waals surface area contributed by atoms with Gasteiger partial charge >= 0.3 is 0 Å². The maximum absolute atomic E-state index is 11.6. The summed E-state index contributed by atoms with van der Waals surface area (Å²) in [4.78, 5) is 20.0. The average Bonchev–Trinajstić information content (AvgIpc) is 2.73. The lowest BCUT2D eigenvalue weighted by molar-refractivity contribution is 0.100. The molecule has 2 heterocycles. The van der Waals surface area contributed by atoms with E-state index in [1.807, 2.05) is 6.92 Å². The lowest BCUT2D eigenvalue weighted by atomic mass is 10.2. The first-order valence-corrected chi connectivity index (χ1v) is 6.21. The van der Waals surface area contributed by atoms with Crippen molar-refractivity contribution in [1.29, 1.82) is 0 Å². The molecule has 0 aliphatic rings. The lowest BCUT2D eigenvalue weighted by Crippen LogP contribution is -2.14. The maximum atomic E-state index is 11.6. The van der Waals surface area contributed by atoms with Gasteiger partial charge in [0.05, 0.1) is 5.69 Å². The van der Waals surface area contributed by atoms with Gasteiger partial charge in [0, 0.05) is 18.5 Å². The molecule has 0 radical (unpaired) electrons. The zero-order valence-corrected chi connectivity index (χ0v) is 11.2. The van der Waals surface area contributed by atoms with Crippen molar-refractivity contribution in [2.24, 2.45) is 5.73 Å². The van der Waals surface area contributed by atoms with Crippen LogP contribution in [0.5, 0.6) is 5.75 Å². The highest BCUT2D eigenvalue weighted by atomic mass is 16.3. The van der Waals surface area contributed by atoms with Gasteiger partial charge in [-0.05, 0) is 18.6 Å². The van der Waals surface area contributed by atoms with Crippen molar-refractivity contribution in [2.75, 3.05) is 5.73 Å². The SMILES string of the molecule is Cc1ccc(O)cc1-n1c(N)c(C(N)=O)c2nccnc21. The van der Waals surface area contributed by atoms with Gasteiger partial charge < -0.3 is 16.6 Å². The van der Waals surface area contributed by atoms with E-state index >= 15 is 0 Å². The molecule has 1 amide bonds. The van der Waals surface area contributed by atoms with Gasteiger partial charge in [0.25, 0.3) is 5.91 Å². The summed E-state index contributed by atoms with van der Waals surface area (Å²) in [7, 11) is 0. The van der Waals surface area contributed by atoms with Crippen LogP contribution in [-0.2, 0) is 0 Å². The van der Waals surface area contributed by atoms with Gasteiger partial charge in [-0.25, -0.2) is 4.98 Å². The number of carbonyl (C=O) groups excluding carboxylic acids is 1. The lowest BCUT2D eigenvalue weighted by Gasteiger charge is -2.11. The second kappa shape index (κ2) is 4.48. The molecule has 3 aromatic rings. The fourth-order valence-electron chi connectivity index (χ4n) is 2.34. The van der Waals surface area contributed by atoms with Crippen LogP contribution in [0, 0.1) is 6.92 Å². The molecule has 5 N–H and O–H groups in total. The minimum Gasteiger partial charge on any atom is -0.508 e. The number of amides is 1. The number of fused-ring (bicyclic) bond motifs is 1. The monoisotopic (exact) mass is 283 g/mol. The Hall–Kier alpha value is -3.09. The summed E-state index contributed by atoms with van der Waals surface area (Å²) in [5, 5.41) is 9.70. The first-order chi connectivity index (χ1) is 10.0. The van der Waals surface area contributed by atoms with Crippen LogP contribution < -0.4 is 11.5 Å². The van der Waals surface area contributed by atoms with E-state index in [9.17, 15) is 9.90 Å². The van der Waals surface area contributed by atoms with E-state index in [0.29, 0.717) is 16.9 Å². The van der Waals surface area contributed by atoms with Crippen molar-refractivity contribution in [3.63, 3.8) is 0 Å². The maximum Gasteiger partial charge on any atom is 0.254 e.